The third-order valence-electron chi connectivity index (χ3n) is 2.55. The predicted molar refractivity (Wildman–Crippen MR) is 68.2 cm³/mol. The van der Waals surface area contributed by atoms with E-state index < -0.39 is 6.04 Å². The molecule has 0 radical (unpaired) electrons. The Morgan fingerprint density at radius 3 is 2.65 bits per heavy atom. The molecule has 1 aromatic heterocycles. The van der Waals surface area contributed by atoms with Crippen LogP contribution in [0.5, 0.6) is 0 Å². The first-order valence-electron chi connectivity index (χ1n) is 5.97. The van der Waals surface area contributed by atoms with Crippen molar-refractivity contribution in [1.29, 1.82) is 0 Å². The fraction of sp³-hybridized carbons (Fsp3) is 0.538. The summed E-state index contributed by atoms with van der Waals surface area (Å²) in [6.07, 6.45) is 2.41. The lowest BCUT2D eigenvalue weighted by molar-refractivity contribution is -0.123. The Kier molecular flexibility index (Phi) is 5.10. The molecule has 0 saturated heterocycles. The highest BCUT2D eigenvalue weighted by molar-refractivity contribution is 5.81. The van der Waals surface area contributed by atoms with Crippen LogP contribution in [0.15, 0.2) is 24.4 Å². The van der Waals surface area contributed by atoms with E-state index in [0.29, 0.717) is 12.3 Å². The van der Waals surface area contributed by atoms with Crippen LogP contribution in [0.2, 0.25) is 0 Å². The second-order valence-corrected chi connectivity index (χ2v) is 4.72. The average Bonchev–Trinajstić information content (AvgIpc) is 2.29. The van der Waals surface area contributed by atoms with E-state index in [9.17, 15) is 4.79 Å². The average molecular weight is 235 g/mol. The van der Waals surface area contributed by atoms with Crippen LogP contribution in [0.4, 0.5) is 0 Å². The summed E-state index contributed by atoms with van der Waals surface area (Å²) in [5, 5.41) is 2.87. The SMILES string of the molecule is CC(C)CC(N)C(=O)N[C@H](C)c1ccccn1. The molecule has 1 rings (SSSR count). The van der Waals surface area contributed by atoms with Gasteiger partial charge in [-0.3, -0.25) is 9.78 Å². The summed E-state index contributed by atoms with van der Waals surface area (Å²) in [4.78, 5) is 16.0. The Morgan fingerprint density at radius 1 is 1.41 bits per heavy atom. The molecule has 1 unspecified atom stereocenters. The molecule has 0 fully saturated rings. The first-order valence-corrected chi connectivity index (χ1v) is 5.97. The minimum Gasteiger partial charge on any atom is -0.347 e. The van der Waals surface area contributed by atoms with E-state index in [2.05, 4.69) is 24.1 Å². The van der Waals surface area contributed by atoms with Crippen molar-refractivity contribution in [1.82, 2.24) is 10.3 Å². The van der Waals surface area contributed by atoms with Crippen molar-refractivity contribution in [3.05, 3.63) is 30.1 Å². The molecule has 0 aromatic carbocycles. The topological polar surface area (TPSA) is 68.0 Å². The molecule has 0 aliphatic carbocycles. The lowest BCUT2D eigenvalue weighted by atomic mass is 10.0. The van der Waals surface area contributed by atoms with Gasteiger partial charge in [0.25, 0.3) is 0 Å². The Morgan fingerprint density at radius 2 is 2.12 bits per heavy atom. The molecule has 0 spiro atoms. The van der Waals surface area contributed by atoms with Gasteiger partial charge in [0.1, 0.15) is 0 Å². The fourth-order valence-corrected chi connectivity index (χ4v) is 1.64. The standard InChI is InChI=1S/C13H21N3O/c1-9(2)8-11(14)13(17)16-10(3)12-6-4-5-7-15-12/h4-7,9-11H,8,14H2,1-3H3,(H,16,17)/t10-,11?/m1/s1. The summed E-state index contributed by atoms with van der Waals surface area (Å²) in [6.45, 7) is 6.01. The maximum absolute atomic E-state index is 11.8. The molecule has 1 aromatic rings. The zero-order valence-corrected chi connectivity index (χ0v) is 10.7. The molecule has 4 heteroatoms. The predicted octanol–water partition coefficient (Wildman–Crippen LogP) is 1.63. The minimum atomic E-state index is -0.443. The monoisotopic (exact) mass is 235 g/mol. The van der Waals surface area contributed by atoms with Crippen LogP contribution in [0.3, 0.4) is 0 Å². The van der Waals surface area contributed by atoms with Crippen molar-refractivity contribution >= 4 is 5.91 Å². The number of carbonyl (C=O) groups is 1. The van der Waals surface area contributed by atoms with Crippen molar-refractivity contribution in [2.45, 2.75) is 39.3 Å². The van der Waals surface area contributed by atoms with Gasteiger partial charge < -0.3 is 11.1 Å². The maximum Gasteiger partial charge on any atom is 0.237 e. The number of amides is 1. The van der Waals surface area contributed by atoms with Gasteiger partial charge >= 0.3 is 0 Å². The number of nitrogens with zero attached hydrogens (tertiary/aromatic N) is 1. The molecule has 2 atom stereocenters. The lowest BCUT2D eigenvalue weighted by Gasteiger charge is -2.18. The highest BCUT2D eigenvalue weighted by atomic mass is 16.2. The Bertz CT molecular complexity index is 351. The summed E-state index contributed by atoms with van der Waals surface area (Å²) in [7, 11) is 0. The largest absolute Gasteiger partial charge is 0.347 e. The van der Waals surface area contributed by atoms with Gasteiger partial charge in [-0.1, -0.05) is 19.9 Å². The zero-order chi connectivity index (χ0) is 12.8. The first-order chi connectivity index (χ1) is 8.00. The number of aromatic nitrogens is 1. The van der Waals surface area contributed by atoms with Gasteiger partial charge in [0.05, 0.1) is 17.8 Å². The number of hydrogen-bond donors (Lipinski definition) is 2. The van der Waals surface area contributed by atoms with Gasteiger partial charge in [-0.15, -0.1) is 0 Å². The minimum absolute atomic E-state index is 0.109. The summed E-state index contributed by atoms with van der Waals surface area (Å²) in [5.74, 6) is 0.303. The van der Waals surface area contributed by atoms with Gasteiger partial charge in [-0.25, -0.2) is 0 Å². The zero-order valence-electron chi connectivity index (χ0n) is 10.7. The molecule has 94 valence electrons. The fourth-order valence-electron chi connectivity index (χ4n) is 1.64. The molecule has 4 nitrogen and oxygen atoms in total. The number of hydrogen-bond acceptors (Lipinski definition) is 3. The Hall–Kier alpha value is -1.42. The molecule has 1 amide bonds. The second-order valence-electron chi connectivity index (χ2n) is 4.72. The van der Waals surface area contributed by atoms with E-state index in [1.165, 1.54) is 0 Å². The van der Waals surface area contributed by atoms with Crippen molar-refractivity contribution in [3.63, 3.8) is 0 Å². The summed E-state index contributed by atoms with van der Waals surface area (Å²) < 4.78 is 0. The van der Waals surface area contributed by atoms with Gasteiger partial charge in [-0.05, 0) is 31.4 Å². The molecule has 0 bridgehead atoms. The van der Waals surface area contributed by atoms with Crippen LogP contribution < -0.4 is 11.1 Å². The van der Waals surface area contributed by atoms with E-state index in [1.54, 1.807) is 6.20 Å². The maximum atomic E-state index is 11.8. The smallest absolute Gasteiger partial charge is 0.237 e. The van der Waals surface area contributed by atoms with E-state index in [0.717, 1.165) is 5.69 Å². The first kappa shape index (κ1) is 13.6. The van der Waals surface area contributed by atoms with Crippen LogP contribution in [0, 0.1) is 5.92 Å². The molecule has 1 heterocycles. The van der Waals surface area contributed by atoms with E-state index in [-0.39, 0.29) is 11.9 Å². The number of nitrogens with two attached hydrogens (primary N) is 1. The number of rotatable bonds is 5. The van der Waals surface area contributed by atoms with Crippen LogP contribution in [0.25, 0.3) is 0 Å². The lowest BCUT2D eigenvalue weighted by Crippen LogP contribution is -2.42. The van der Waals surface area contributed by atoms with Crippen LogP contribution in [-0.2, 0) is 4.79 Å². The highest BCUT2D eigenvalue weighted by Gasteiger charge is 2.17. The highest BCUT2D eigenvalue weighted by Crippen LogP contribution is 2.09. The van der Waals surface area contributed by atoms with Crippen LogP contribution in [0.1, 0.15) is 38.9 Å². The normalized spacial score (nSPS) is 14.4. The quantitative estimate of drug-likeness (QED) is 0.815. The Balaban J connectivity index is 2.51. The molecule has 17 heavy (non-hydrogen) atoms. The van der Waals surface area contributed by atoms with E-state index in [1.807, 2.05) is 25.1 Å². The second kappa shape index (κ2) is 6.35. The van der Waals surface area contributed by atoms with Gasteiger partial charge in [-0.2, -0.15) is 0 Å². The third kappa shape index (κ3) is 4.53. The summed E-state index contributed by atoms with van der Waals surface area (Å²) in [6, 6.07) is 5.09. The molecule has 0 aliphatic heterocycles. The van der Waals surface area contributed by atoms with Crippen molar-refractivity contribution in [2.75, 3.05) is 0 Å². The Labute approximate surface area is 103 Å². The van der Waals surface area contributed by atoms with Gasteiger partial charge in [0.2, 0.25) is 5.91 Å². The molecular weight excluding hydrogens is 214 g/mol. The number of nitrogens with one attached hydrogen (secondary N) is 1. The molecule has 3 N–H and O–H groups in total. The molecular formula is C13H21N3O. The molecule has 0 saturated carbocycles. The third-order valence-corrected chi connectivity index (χ3v) is 2.55. The van der Waals surface area contributed by atoms with Crippen LogP contribution in [-0.4, -0.2) is 16.9 Å². The number of carbonyl (C=O) groups excluding carboxylic acids is 1. The van der Waals surface area contributed by atoms with Crippen LogP contribution >= 0.6 is 0 Å². The van der Waals surface area contributed by atoms with Crippen molar-refractivity contribution < 1.29 is 4.79 Å². The summed E-state index contributed by atoms with van der Waals surface area (Å²) in [5.41, 5.74) is 6.66. The molecule has 0 aliphatic rings. The summed E-state index contributed by atoms with van der Waals surface area (Å²) >= 11 is 0. The van der Waals surface area contributed by atoms with Gasteiger partial charge in [0, 0.05) is 6.20 Å². The number of pyridine rings is 1. The van der Waals surface area contributed by atoms with Crippen molar-refractivity contribution in [2.24, 2.45) is 11.7 Å². The van der Waals surface area contributed by atoms with E-state index in [4.69, 9.17) is 5.73 Å². The van der Waals surface area contributed by atoms with Crippen molar-refractivity contribution in [3.8, 4) is 0 Å². The van der Waals surface area contributed by atoms with Gasteiger partial charge in [0.15, 0.2) is 0 Å². The van der Waals surface area contributed by atoms with E-state index >= 15 is 0 Å².